The summed E-state index contributed by atoms with van der Waals surface area (Å²) in [4.78, 5) is 14.6. The molecule has 148 valence electrons. The molecule has 1 N–H and O–H groups in total. The first kappa shape index (κ1) is 18.7. The number of rotatable bonds is 3. The van der Waals surface area contributed by atoms with Crippen molar-refractivity contribution < 1.29 is 13.2 Å². The van der Waals surface area contributed by atoms with Gasteiger partial charge >= 0.3 is 0 Å². The highest BCUT2D eigenvalue weighted by molar-refractivity contribution is 7.93. The van der Waals surface area contributed by atoms with Crippen molar-refractivity contribution >= 4 is 21.6 Å². The normalized spacial score (nSPS) is 24.5. The molecule has 1 saturated heterocycles. The van der Waals surface area contributed by atoms with Gasteiger partial charge in [-0.25, -0.2) is 8.42 Å². The van der Waals surface area contributed by atoms with Crippen molar-refractivity contribution in [1.82, 2.24) is 10.2 Å². The van der Waals surface area contributed by atoms with E-state index in [1.807, 2.05) is 29.2 Å². The fourth-order valence-electron chi connectivity index (χ4n) is 4.68. The zero-order chi connectivity index (χ0) is 18.9. The van der Waals surface area contributed by atoms with Crippen LogP contribution in [-0.4, -0.2) is 50.7 Å². The summed E-state index contributed by atoms with van der Waals surface area (Å²) in [5.74, 6) is 0.278. The van der Waals surface area contributed by atoms with E-state index in [-0.39, 0.29) is 11.8 Å². The molecule has 6 nitrogen and oxygen atoms in total. The minimum Gasteiger partial charge on any atom is -0.341 e. The van der Waals surface area contributed by atoms with Crippen LogP contribution in [0.3, 0.4) is 0 Å². The molecule has 1 aliphatic carbocycles. The maximum Gasteiger partial charge on any atom is 0.239 e. The summed E-state index contributed by atoms with van der Waals surface area (Å²) in [6, 6.07) is 7.71. The Morgan fingerprint density at radius 2 is 1.81 bits per heavy atom. The van der Waals surface area contributed by atoms with E-state index in [9.17, 15) is 13.2 Å². The van der Waals surface area contributed by atoms with Crippen LogP contribution in [0.25, 0.3) is 0 Å². The molecule has 1 unspecified atom stereocenters. The Morgan fingerprint density at radius 3 is 2.63 bits per heavy atom. The van der Waals surface area contributed by atoms with Crippen LogP contribution >= 0.6 is 0 Å². The second kappa shape index (κ2) is 7.80. The molecule has 0 bridgehead atoms. The average Bonchev–Trinajstić information content (AvgIpc) is 3.14. The van der Waals surface area contributed by atoms with Crippen molar-refractivity contribution in [2.45, 2.75) is 50.3 Å². The van der Waals surface area contributed by atoms with Gasteiger partial charge < -0.3 is 10.2 Å². The predicted molar refractivity (Wildman–Crippen MR) is 106 cm³/mol. The molecule has 27 heavy (non-hydrogen) atoms. The summed E-state index contributed by atoms with van der Waals surface area (Å²) in [6.07, 6.45) is 5.53. The number of likely N-dealkylation sites (tertiary alicyclic amines) is 1. The molecule has 1 atom stereocenters. The molecule has 1 amide bonds. The molecular weight excluding hydrogens is 362 g/mol. The van der Waals surface area contributed by atoms with E-state index in [2.05, 4.69) is 5.32 Å². The number of nitrogens with one attached hydrogen (secondary N) is 1. The fraction of sp³-hybridized carbons (Fsp3) is 0.650. The minimum atomic E-state index is -3.51. The second-order valence-corrected chi connectivity index (χ2v) is 10.1. The lowest BCUT2D eigenvalue weighted by atomic mass is 10.0. The minimum absolute atomic E-state index is 0.106. The highest BCUT2D eigenvalue weighted by Crippen LogP contribution is 2.31. The number of amides is 1. The highest BCUT2D eigenvalue weighted by atomic mass is 32.2. The molecule has 2 fully saturated rings. The van der Waals surface area contributed by atoms with E-state index in [4.69, 9.17) is 0 Å². The van der Waals surface area contributed by atoms with Gasteiger partial charge in [-0.05, 0) is 37.3 Å². The van der Waals surface area contributed by atoms with Gasteiger partial charge in [0, 0.05) is 38.6 Å². The molecule has 1 aromatic rings. The van der Waals surface area contributed by atoms with E-state index >= 15 is 0 Å². The van der Waals surface area contributed by atoms with Gasteiger partial charge in [0.2, 0.25) is 15.9 Å². The highest BCUT2D eigenvalue weighted by Gasteiger charge is 2.39. The lowest BCUT2D eigenvalue weighted by Gasteiger charge is -2.37. The number of hydrogen-bond acceptors (Lipinski definition) is 4. The van der Waals surface area contributed by atoms with Crippen molar-refractivity contribution in [3.05, 3.63) is 29.8 Å². The lowest BCUT2D eigenvalue weighted by Crippen LogP contribution is -2.51. The van der Waals surface area contributed by atoms with Crippen molar-refractivity contribution in [3.8, 4) is 0 Å². The number of fused-ring (bicyclic) bond motifs is 1. The molecule has 3 aliphatic rings. The predicted octanol–water partition coefficient (Wildman–Crippen LogP) is 2.11. The topological polar surface area (TPSA) is 69.7 Å². The number of piperidine rings is 1. The van der Waals surface area contributed by atoms with Gasteiger partial charge in [-0.3, -0.25) is 9.10 Å². The van der Waals surface area contributed by atoms with Crippen molar-refractivity contribution in [3.63, 3.8) is 0 Å². The van der Waals surface area contributed by atoms with Gasteiger partial charge in [0.15, 0.2) is 0 Å². The SMILES string of the molecule is O=C(C1CCCC1)N1CCCC(S(=O)(=O)N2CCNCc3ccccc32)C1. The summed E-state index contributed by atoms with van der Waals surface area (Å²) in [5, 5.41) is 2.79. The van der Waals surface area contributed by atoms with Gasteiger partial charge in [-0.1, -0.05) is 31.0 Å². The van der Waals surface area contributed by atoms with E-state index < -0.39 is 15.3 Å². The molecule has 0 radical (unpaired) electrons. The number of benzene rings is 1. The fourth-order valence-corrected chi connectivity index (χ4v) is 6.68. The molecule has 0 spiro atoms. The van der Waals surface area contributed by atoms with Gasteiger partial charge in [0.05, 0.1) is 10.9 Å². The Balaban J connectivity index is 1.55. The van der Waals surface area contributed by atoms with Crippen molar-refractivity contribution in [2.24, 2.45) is 5.92 Å². The third-order valence-electron chi connectivity index (χ3n) is 6.19. The third-order valence-corrected chi connectivity index (χ3v) is 8.41. The standard InChI is InChI=1S/C20H29N3O3S/c24-20(16-6-1-2-7-16)22-12-5-9-18(15-22)27(25,26)23-13-11-21-14-17-8-3-4-10-19(17)23/h3-4,8,10,16,18,21H,1-2,5-7,9,11-15H2. The molecule has 7 heteroatoms. The van der Waals surface area contributed by atoms with Crippen LogP contribution < -0.4 is 9.62 Å². The van der Waals surface area contributed by atoms with Crippen LogP contribution in [-0.2, 0) is 21.4 Å². The van der Waals surface area contributed by atoms with Crippen LogP contribution in [0.5, 0.6) is 0 Å². The average molecular weight is 392 g/mol. The van der Waals surface area contributed by atoms with Gasteiger partial charge in [0.1, 0.15) is 0 Å². The first-order valence-corrected chi connectivity index (χ1v) is 11.7. The summed E-state index contributed by atoms with van der Waals surface area (Å²) >= 11 is 0. The van der Waals surface area contributed by atoms with E-state index in [1.165, 1.54) is 0 Å². The number of anilines is 1. The maximum absolute atomic E-state index is 13.5. The largest absolute Gasteiger partial charge is 0.341 e. The van der Waals surface area contributed by atoms with Gasteiger partial charge in [0.25, 0.3) is 0 Å². The van der Waals surface area contributed by atoms with Gasteiger partial charge in [-0.2, -0.15) is 0 Å². The Labute approximate surface area is 162 Å². The van der Waals surface area contributed by atoms with E-state index in [0.29, 0.717) is 39.1 Å². The second-order valence-electron chi connectivity index (χ2n) is 7.95. The molecule has 1 saturated carbocycles. The van der Waals surface area contributed by atoms with Crippen LogP contribution in [0.2, 0.25) is 0 Å². The first-order valence-electron chi connectivity index (χ1n) is 10.2. The Kier molecular flexibility index (Phi) is 5.41. The summed E-state index contributed by atoms with van der Waals surface area (Å²) in [7, 11) is -3.51. The smallest absolute Gasteiger partial charge is 0.239 e. The van der Waals surface area contributed by atoms with Crippen molar-refractivity contribution in [1.29, 1.82) is 0 Å². The number of carbonyl (C=O) groups is 1. The number of carbonyl (C=O) groups excluding carboxylic acids is 1. The lowest BCUT2D eigenvalue weighted by molar-refractivity contribution is -0.136. The van der Waals surface area contributed by atoms with E-state index in [0.717, 1.165) is 43.4 Å². The van der Waals surface area contributed by atoms with Crippen molar-refractivity contribution in [2.75, 3.05) is 30.5 Å². The molecule has 0 aromatic heterocycles. The number of sulfonamides is 1. The zero-order valence-corrected chi connectivity index (χ0v) is 16.6. The molecule has 2 heterocycles. The zero-order valence-electron chi connectivity index (χ0n) is 15.8. The first-order chi connectivity index (χ1) is 13.1. The Hall–Kier alpha value is -1.60. The van der Waals surface area contributed by atoms with Crippen LogP contribution in [0, 0.1) is 5.92 Å². The summed E-state index contributed by atoms with van der Waals surface area (Å²) in [5.41, 5.74) is 1.79. The Bertz CT molecular complexity index is 789. The van der Waals surface area contributed by atoms with Crippen LogP contribution in [0.4, 0.5) is 5.69 Å². The van der Waals surface area contributed by atoms with Crippen LogP contribution in [0.15, 0.2) is 24.3 Å². The Morgan fingerprint density at radius 1 is 1.04 bits per heavy atom. The molecule has 4 rings (SSSR count). The molecule has 1 aromatic carbocycles. The summed E-state index contributed by atoms with van der Waals surface area (Å²) < 4.78 is 28.6. The molecular formula is C20H29N3O3S. The number of para-hydroxylation sites is 1. The monoisotopic (exact) mass is 391 g/mol. The number of nitrogens with zero attached hydrogens (tertiary/aromatic N) is 2. The number of hydrogen-bond donors (Lipinski definition) is 1. The third kappa shape index (κ3) is 3.72. The molecule has 2 aliphatic heterocycles. The van der Waals surface area contributed by atoms with E-state index in [1.54, 1.807) is 4.31 Å². The quantitative estimate of drug-likeness (QED) is 0.857. The summed E-state index contributed by atoms with van der Waals surface area (Å²) in [6.45, 7) is 2.78. The maximum atomic E-state index is 13.5. The van der Waals surface area contributed by atoms with Gasteiger partial charge in [-0.15, -0.1) is 0 Å². The van der Waals surface area contributed by atoms with Crippen LogP contribution in [0.1, 0.15) is 44.1 Å².